The number of aromatic nitrogens is 3. The Morgan fingerprint density at radius 3 is 2.44 bits per heavy atom. The molecule has 3 heterocycles. The van der Waals surface area contributed by atoms with Gasteiger partial charge >= 0.3 is 0 Å². The zero-order valence-electron chi connectivity index (χ0n) is 27.9. The van der Waals surface area contributed by atoms with Crippen LogP contribution in [0, 0.1) is 25.6 Å². The van der Waals surface area contributed by atoms with Gasteiger partial charge in [0.2, 0.25) is 11.9 Å². The minimum Gasteiger partial charge on any atom is -0.369 e. The highest BCUT2D eigenvalue weighted by Gasteiger charge is 2.31. The lowest BCUT2D eigenvalue weighted by Gasteiger charge is -2.35. The van der Waals surface area contributed by atoms with Crippen LogP contribution in [0.2, 0.25) is 5.02 Å². The highest BCUT2D eigenvalue weighted by Crippen LogP contribution is 2.37. The fraction of sp³-hybridized carbons (Fsp3) is 0.459. The Bertz CT molecular complexity index is 1910. The fourth-order valence-electron chi connectivity index (χ4n) is 7.48. The van der Waals surface area contributed by atoms with Crippen molar-refractivity contribution in [2.45, 2.75) is 70.9 Å². The Morgan fingerprint density at radius 2 is 1.75 bits per heavy atom. The molecule has 7 rings (SSSR count). The summed E-state index contributed by atoms with van der Waals surface area (Å²) in [6, 6.07) is 10.8. The van der Waals surface area contributed by atoms with E-state index in [1.54, 1.807) is 22.9 Å². The molecule has 48 heavy (non-hydrogen) atoms. The Morgan fingerprint density at radius 1 is 1.00 bits per heavy atom. The first kappa shape index (κ1) is 32.5. The van der Waals surface area contributed by atoms with Gasteiger partial charge in [-0.2, -0.15) is 4.98 Å². The number of aryl methyl sites for hydroxylation is 2. The van der Waals surface area contributed by atoms with Crippen molar-refractivity contribution in [1.29, 1.82) is 0 Å². The summed E-state index contributed by atoms with van der Waals surface area (Å²) < 4.78 is 16.4. The number of amides is 1. The summed E-state index contributed by atoms with van der Waals surface area (Å²) in [5.74, 6) is 0.104. The van der Waals surface area contributed by atoms with Crippen molar-refractivity contribution in [2.24, 2.45) is 5.92 Å². The summed E-state index contributed by atoms with van der Waals surface area (Å²) >= 11 is 6.46. The van der Waals surface area contributed by atoms with E-state index in [0.29, 0.717) is 46.5 Å². The van der Waals surface area contributed by atoms with E-state index < -0.39 is 5.82 Å². The van der Waals surface area contributed by atoms with Crippen LogP contribution < -0.4 is 21.1 Å². The predicted octanol–water partition coefficient (Wildman–Crippen LogP) is 6.76. The Balaban J connectivity index is 1.23. The average molecular weight is 672 g/mol. The van der Waals surface area contributed by atoms with Crippen LogP contribution in [0.15, 0.2) is 47.4 Å². The number of nitrogens with zero attached hydrogens (tertiary/aromatic N) is 5. The number of fused-ring (bicyclic) bond motifs is 1. The molecule has 0 radical (unpaired) electrons. The van der Waals surface area contributed by atoms with Crippen molar-refractivity contribution in [3.8, 4) is 11.1 Å². The molecule has 0 bridgehead atoms. The molecule has 2 saturated carbocycles. The number of likely N-dealkylation sites (N-methyl/N-ethyl adjacent to an activating group) is 1. The normalized spacial score (nSPS) is 20.5. The maximum absolute atomic E-state index is 14.7. The monoisotopic (exact) mass is 671 g/mol. The molecule has 0 spiro atoms. The van der Waals surface area contributed by atoms with Crippen LogP contribution >= 0.6 is 11.6 Å². The smallest absolute Gasteiger partial charge is 0.260 e. The van der Waals surface area contributed by atoms with Crippen LogP contribution in [-0.2, 0) is 4.79 Å². The number of halogens is 2. The maximum atomic E-state index is 14.7. The molecule has 1 aliphatic heterocycles. The lowest BCUT2D eigenvalue weighted by atomic mass is 9.83. The van der Waals surface area contributed by atoms with E-state index in [1.165, 1.54) is 11.8 Å². The molecule has 1 amide bonds. The number of anilines is 3. The third kappa shape index (κ3) is 6.28. The zero-order chi connectivity index (χ0) is 33.5. The van der Waals surface area contributed by atoms with Crippen LogP contribution in [-0.4, -0.2) is 64.6 Å². The molecule has 2 N–H and O–H groups in total. The van der Waals surface area contributed by atoms with E-state index in [9.17, 15) is 14.0 Å². The van der Waals surface area contributed by atoms with Crippen LogP contribution in [0.3, 0.4) is 0 Å². The van der Waals surface area contributed by atoms with Gasteiger partial charge in [-0.05, 0) is 94.8 Å². The Hall–Kier alpha value is -4.02. The number of carbonyl (C=O) groups excluding carboxylic acids is 1. The molecule has 3 fully saturated rings. The molecule has 4 aromatic rings. The van der Waals surface area contributed by atoms with Gasteiger partial charge in [0.25, 0.3) is 5.56 Å². The molecule has 0 unspecified atom stereocenters. The number of carbonyl (C=O) groups is 1. The summed E-state index contributed by atoms with van der Waals surface area (Å²) in [5, 5.41) is 7.24. The number of hydrogen-bond acceptors (Lipinski definition) is 7. The highest BCUT2D eigenvalue weighted by molar-refractivity contribution is 6.33. The molecule has 2 aliphatic carbocycles. The fourth-order valence-corrected chi connectivity index (χ4v) is 7.70. The van der Waals surface area contributed by atoms with Crippen molar-refractivity contribution < 1.29 is 9.18 Å². The molecule has 2 aromatic carbocycles. The van der Waals surface area contributed by atoms with Gasteiger partial charge in [0.1, 0.15) is 11.5 Å². The number of benzene rings is 2. The summed E-state index contributed by atoms with van der Waals surface area (Å²) in [7, 11) is 2.15. The number of nitrogens with one attached hydrogen (secondary N) is 2. The second-order valence-electron chi connectivity index (χ2n) is 13.8. The maximum Gasteiger partial charge on any atom is 0.260 e. The number of rotatable bonds is 7. The molecule has 1 saturated heterocycles. The minimum absolute atomic E-state index is 0.0828. The first-order valence-electron chi connectivity index (χ1n) is 17.2. The van der Waals surface area contributed by atoms with Crippen LogP contribution in [0.5, 0.6) is 0 Å². The summed E-state index contributed by atoms with van der Waals surface area (Å²) in [6.07, 6.45) is 7.70. The van der Waals surface area contributed by atoms with Crippen molar-refractivity contribution >= 4 is 45.9 Å². The van der Waals surface area contributed by atoms with E-state index in [0.717, 1.165) is 69.5 Å². The molecular weight excluding hydrogens is 629 g/mol. The van der Waals surface area contributed by atoms with Crippen molar-refractivity contribution in [3.63, 3.8) is 0 Å². The van der Waals surface area contributed by atoms with E-state index in [1.807, 2.05) is 13.0 Å². The topological polar surface area (TPSA) is 95.4 Å². The summed E-state index contributed by atoms with van der Waals surface area (Å²) in [4.78, 5) is 41.5. The standard InChI is InChI=1S/C37H43ClFN7O2/c1-22-20-26(12-15-31(22)45-18-16-44(3)17-19-45)42-37-40-21-29-23(2)32(28-8-5-9-30(39)33(28)38)36(48)46(34(29)43-37)27-13-10-25(11-14-27)41-35(47)24-6-4-7-24/h5,8-9,12,15,20-21,24-25,27H,4,6-7,10-11,13-14,16-19H2,1-3H3,(H,41,47)(H,40,42,43). The second kappa shape index (κ2) is 13.5. The molecular formula is C37H43ClFN7O2. The van der Waals surface area contributed by atoms with Gasteiger partial charge in [0.05, 0.1) is 10.6 Å². The summed E-state index contributed by atoms with van der Waals surface area (Å²) in [6.45, 7) is 8.02. The molecule has 2 aromatic heterocycles. The van der Waals surface area contributed by atoms with Gasteiger partial charge in [0.15, 0.2) is 0 Å². The van der Waals surface area contributed by atoms with Crippen molar-refractivity contribution in [1.82, 2.24) is 24.8 Å². The highest BCUT2D eigenvalue weighted by atomic mass is 35.5. The van der Waals surface area contributed by atoms with E-state index in [4.69, 9.17) is 16.6 Å². The second-order valence-corrected chi connectivity index (χ2v) is 14.1. The molecule has 3 aliphatic rings. The molecule has 9 nitrogen and oxygen atoms in total. The Kier molecular flexibility index (Phi) is 9.13. The number of piperazine rings is 1. The van der Waals surface area contributed by atoms with Crippen LogP contribution in [0.25, 0.3) is 22.2 Å². The lowest BCUT2D eigenvalue weighted by Crippen LogP contribution is -2.44. The minimum atomic E-state index is -0.577. The van der Waals surface area contributed by atoms with Crippen molar-refractivity contribution in [3.05, 3.63) is 74.9 Å². The van der Waals surface area contributed by atoms with E-state index >= 15 is 0 Å². The van der Waals surface area contributed by atoms with Gasteiger partial charge in [-0.25, -0.2) is 9.37 Å². The third-order valence-corrected chi connectivity index (χ3v) is 11.0. The first-order valence-corrected chi connectivity index (χ1v) is 17.5. The van der Waals surface area contributed by atoms with Crippen molar-refractivity contribution in [2.75, 3.05) is 43.4 Å². The summed E-state index contributed by atoms with van der Waals surface area (Å²) in [5.41, 5.74) is 4.88. The van der Waals surface area contributed by atoms with E-state index in [2.05, 4.69) is 51.5 Å². The average Bonchev–Trinajstić information content (AvgIpc) is 3.04. The SMILES string of the molecule is Cc1cc(Nc2ncc3c(C)c(-c4cccc(F)c4Cl)c(=O)n(C4CCC(NC(=O)C5CCC5)CC4)c3n2)ccc1N1CCN(C)CC1. The molecule has 11 heteroatoms. The Labute approximate surface area is 285 Å². The zero-order valence-corrected chi connectivity index (χ0v) is 28.6. The first-order chi connectivity index (χ1) is 23.2. The van der Waals surface area contributed by atoms with Crippen LogP contribution in [0.1, 0.15) is 62.1 Å². The number of pyridine rings is 1. The predicted molar refractivity (Wildman–Crippen MR) is 190 cm³/mol. The quantitative estimate of drug-likeness (QED) is 0.224. The van der Waals surface area contributed by atoms with Gasteiger partial charge in [0, 0.05) is 72.7 Å². The third-order valence-electron chi connectivity index (χ3n) is 10.6. The largest absolute Gasteiger partial charge is 0.369 e. The molecule has 0 atom stereocenters. The van der Waals surface area contributed by atoms with Gasteiger partial charge in [-0.1, -0.05) is 30.2 Å². The van der Waals surface area contributed by atoms with Gasteiger partial charge < -0.3 is 20.4 Å². The lowest BCUT2D eigenvalue weighted by molar-refractivity contribution is -0.128. The molecule has 252 valence electrons. The van der Waals surface area contributed by atoms with Gasteiger partial charge in [-0.3, -0.25) is 14.2 Å². The van der Waals surface area contributed by atoms with E-state index in [-0.39, 0.29) is 34.5 Å². The van der Waals surface area contributed by atoms with Crippen LogP contribution in [0.4, 0.5) is 21.7 Å². The van der Waals surface area contributed by atoms with Gasteiger partial charge in [-0.15, -0.1) is 0 Å². The number of hydrogen-bond donors (Lipinski definition) is 2.